The summed E-state index contributed by atoms with van der Waals surface area (Å²) in [6.07, 6.45) is 0.360. The molecule has 0 aromatic carbocycles. The van der Waals surface area contributed by atoms with Crippen molar-refractivity contribution in [3.63, 3.8) is 0 Å². The molecule has 3 N–H and O–H groups in total. The van der Waals surface area contributed by atoms with Gasteiger partial charge in [-0.3, -0.25) is 0 Å². The molecular weight excluding hydrogens is 306 g/mol. The van der Waals surface area contributed by atoms with E-state index in [2.05, 4.69) is 4.72 Å². The molecule has 0 saturated carbocycles. The Labute approximate surface area is 120 Å². The number of hydrogen-bond donors (Lipinski definition) is 3. The summed E-state index contributed by atoms with van der Waals surface area (Å²) in [7, 11) is -3.85. The van der Waals surface area contributed by atoms with Crippen LogP contribution in [0.1, 0.15) is 21.0 Å². The molecule has 0 aliphatic carbocycles. The molecule has 1 saturated heterocycles. The maximum atomic E-state index is 12.1. The summed E-state index contributed by atoms with van der Waals surface area (Å²) in [5.74, 6) is -1.16. The topological polar surface area (TPSA) is 113 Å². The quantitative estimate of drug-likeness (QED) is 0.713. The molecule has 112 valence electrons. The number of aryl methyl sites for hydroxylation is 1. The Bertz CT molecular complexity index is 615. The van der Waals surface area contributed by atoms with E-state index in [-0.39, 0.29) is 22.9 Å². The number of carbonyl (C=O) groups is 1. The lowest BCUT2D eigenvalue weighted by molar-refractivity contribution is 0.0314. The first-order valence-corrected chi connectivity index (χ1v) is 8.17. The normalized spacial score (nSPS) is 23.1. The van der Waals surface area contributed by atoms with Gasteiger partial charge in [0.1, 0.15) is 10.5 Å². The first-order valence-electron chi connectivity index (χ1n) is 5.87. The third-order valence-corrected chi connectivity index (χ3v) is 5.74. The lowest BCUT2D eigenvalue weighted by Crippen LogP contribution is -2.43. The van der Waals surface area contributed by atoms with Gasteiger partial charge in [0.15, 0.2) is 0 Å². The van der Waals surface area contributed by atoms with E-state index < -0.39 is 21.6 Å². The summed E-state index contributed by atoms with van der Waals surface area (Å²) in [5, 5.41) is 18.9. The molecule has 0 amide bonds. The molecule has 2 heterocycles. The minimum absolute atomic E-state index is 0.0363. The van der Waals surface area contributed by atoms with Crippen molar-refractivity contribution in [3.05, 3.63) is 15.8 Å². The van der Waals surface area contributed by atoms with E-state index in [0.29, 0.717) is 17.9 Å². The molecule has 1 fully saturated rings. The fourth-order valence-corrected chi connectivity index (χ4v) is 4.43. The van der Waals surface area contributed by atoms with Crippen molar-refractivity contribution in [3.8, 4) is 0 Å². The molecule has 1 aromatic heterocycles. The minimum atomic E-state index is -3.85. The molecule has 1 atom stereocenters. The van der Waals surface area contributed by atoms with Gasteiger partial charge in [0.25, 0.3) is 0 Å². The van der Waals surface area contributed by atoms with E-state index >= 15 is 0 Å². The van der Waals surface area contributed by atoms with Crippen LogP contribution < -0.4 is 4.72 Å². The van der Waals surface area contributed by atoms with Crippen LogP contribution in [-0.2, 0) is 14.8 Å². The molecular formula is C11H15NO6S2. The van der Waals surface area contributed by atoms with Gasteiger partial charge < -0.3 is 14.9 Å². The molecule has 0 spiro atoms. The summed E-state index contributed by atoms with van der Waals surface area (Å²) >= 11 is 0.901. The number of aromatic carboxylic acids is 1. The van der Waals surface area contributed by atoms with Gasteiger partial charge in [-0.1, -0.05) is 0 Å². The van der Waals surface area contributed by atoms with Gasteiger partial charge in [-0.05, 0) is 13.0 Å². The maximum Gasteiger partial charge on any atom is 0.345 e. The van der Waals surface area contributed by atoms with Crippen molar-refractivity contribution in [2.24, 2.45) is 0 Å². The van der Waals surface area contributed by atoms with Gasteiger partial charge in [0.05, 0.1) is 11.5 Å². The van der Waals surface area contributed by atoms with Gasteiger partial charge in [-0.2, -0.15) is 0 Å². The third kappa shape index (κ3) is 3.18. The third-order valence-electron chi connectivity index (χ3n) is 3.05. The van der Waals surface area contributed by atoms with Crippen molar-refractivity contribution in [2.75, 3.05) is 19.8 Å². The van der Waals surface area contributed by atoms with Crippen molar-refractivity contribution in [1.82, 2.24) is 4.72 Å². The molecule has 7 nitrogen and oxygen atoms in total. The van der Waals surface area contributed by atoms with E-state index in [1.807, 2.05) is 0 Å². The Hall–Kier alpha value is -1.00. The number of aliphatic hydroxyl groups is 1. The summed E-state index contributed by atoms with van der Waals surface area (Å²) in [4.78, 5) is 11.1. The highest BCUT2D eigenvalue weighted by atomic mass is 32.2. The standard InChI is InChI=1S/C11H15NO6S2/c1-7-9(4-8(19-7)10(13)14)20(16,17)12-5-11(15)2-3-18-6-11/h4,12,15H,2-3,5-6H2,1H3,(H,13,14). The average Bonchev–Trinajstić information content (AvgIpc) is 2.94. The zero-order chi connectivity index (χ0) is 15.0. The second-order valence-corrected chi connectivity index (χ2v) is 7.68. The van der Waals surface area contributed by atoms with Crippen LogP contribution >= 0.6 is 11.3 Å². The highest BCUT2D eigenvalue weighted by Gasteiger charge is 2.34. The second kappa shape index (κ2) is 5.41. The van der Waals surface area contributed by atoms with Gasteiger partial charge >= 0.3 is 5.97 Å². The van der Waals surface area contributed by atoms with E-state index in [0.717, 1.165) is 17.4 Å². The molecule has 1 unspecified atom stereocenters. The fourth-order valence-electron chi connectivity index (χ4n) is 1.88. The van der Waals surface area contributed by atoms with E-state index in [1.165, 1.54) is 0 Å². The van der Waals surface area contributed by atoms with Crippen LogP contribution in [-0.4, -0.2) is 50.0 Å². The monoisotopic (exact) mass is 321 g/mol. The molecule has 1 aliphatic heterocycles. The maximum absolute atomic E-state index is 12.1. The Morgan fingerprint density at radius 2 is 2.30 bits per heavy atom. The highest BCUT2D eigenvalue weighted by Crippen LogP contribution is 2.26. The lowest BCUT2D eigenvalue weighted by atomic mass is 10.1. The first kappa shape index (κ1) is 15.4. The van der Waals surface area contributed by atoms with Crippen LogP contribution in [0.15, 0.2) is 11.0 Å². The number of sulfonamides is 1. The van der Waals surface area contributed by atoms with Gasteiger partial charge in [0, 0.05) is 24.4 Å². The fraction of sp³-hybridized carbons (Fsp3) is 0.545. The first-order chi connectivity index (χ1) is 9.23. The van der Waals surface area contributed by atoms with Crippen LogP contribution in [0.2, 0.25) is 0 Å². The Kier molecular flexibility index (Phi) is 4.17. The number of rotatable bonds is 5. The number of ether oxygens (including phenoxy) is 1. The van der Waals surface area contributed by atoms with E-state index in [1.54, 1.807) is 6.92 Å². The van der Waals surface area contributed by atoms with Crippen LogP contribution in [0.25, 0.3) is 0 Å². The summed E-state index contributed by atoms with van der Waals surface area (Å²) in [6.45, 7) is 1.85. The Morgan fingerprint density at radius 3 is 2.80 bits per heavy atom. The van der Waals surface area contributed by atoms with Crippen LogP contribution in [0, 0.1) is 6.92 Å². The average molecular weight is 321 g/mol. The van der Waals surface area contributed by atoms with Gasteiger partial charge in [-0.15, -0.1) is 11.3 Å². The lowest BCUT2D eigenvalue weighted by Gasteiger charge is -2.20. The van der Waals surface area contributed by atoms with Crippen LogP contribution in [0.4, 0.5) is 0 Å². The number of carboxylic acid groups (broad SMARTS) is 1. The zero-order valence-electron chi connectivity index (χ0n) is 10.7. The molecule has 2 rings (SSSR count). The second-order valence-electron chi connectivity index (χ2n) is 4.69. The van der Waals surface area contributed by atoms with Crippen molar-refractivity contribution < 1.29 is 28.2 Å². The summed E-state index contributed by atoms with van der Waals surface area (Å²) in [6, 6.07) is 1.12. The summed E-state index contributed by atoms with van der Waals surface area (Å²) < 4.78 is 31.6. The molecule has 1 aromatic rings. The Balaban J connectivity index is 2.16. The molecule has 20 heavy (non-hydrogen) atoms. The number of nitrogens with one attached hydrogen (secondary N) is 1. The SMILES string of the molecule is Cc1sc(C(=O)O)cc1S(=O)(=O)NCC1(O)CCOC1. The number of thiophene rings is 1. The zero-order valence-corrected chi connectivity index (χ0v) is 12.4. The van der Waals surface area contributed by atoms with Crippen molar-refractivity contribution >= 4 is 27.3 Å². The molecule has 9 heteroatoms. The van der Waals surface area contributed by atoms with Gasteiger partial charge in [-0.25, -0.2) is 17.9 Å². The van der Waals surface area contributed by atoms with Crippen LogP contribution in [0.3, 0.4) is 0 Å². The summed E-state index contributed by atoms with van der Waals surface area (Å²) in [5.41, 5.74) is -1.20. The largest absolute Gasteiger partial charge is 0.477 e. The highest BCUT2D eigenvalue weighted by molar-refractivity contribution is 7.89. The predicted octanol–water partition coefficient (Wildman–Crippen LogP) is 0.184. The molecule has 0 bridgehead atoms. The molecule has 1 aliphatic rings. The number of carboxylic acids is 1. The van der Waals surface area contributed by atoms with E-state index in [9.17, 15) is 18.3 Å². The van der Waals surface area contributed by atoms with Crippen molar-refractivity contribution in [1.29, 1.82) is 0 Å². The smallest absolute Gasteiger partial charge is 0.345 e. The van der Waals surface area contributed by atoms with Crippen molar-refractivity contribution in [2.45, 2.75) is 23.8 Å². The van der Waals surface area contributed by atoms with Crippen LogP contribution in [0.5, 0.6) is 0 Å². The predicted molar refractivity (Wildman–Crippen MR) is 71.6 cm³/mol. The van der Waals surface area contributed by atoms with Gasteiger partial charge in [0.2, 0.25) is 10.0 Å². The van der Waals surface area contributed by atoms with E-state index in [4.69, 9.17) is 9.84 Å². The number of hydrogen-bond acceptors (Lipinski definition) is 6. The molecule has 0 radical (unpaired) electrons. The Morgan fingerprint density at radius 1 is 1.60 bits per heavy atom. The minimum Gasteiger partial charge on any atom is -0.477 e.